The van der Waals surface area contributed by atoms with Crippen LogP contribution in [-0.4, -0.2) is 21.2 Å². The fraction of sp³-hybridized carbons (Fsp3) is 0.158. The molecule has 0 spiro atoms. The zero-order valence-electron chi connectivity index (χ0n) is 14.2. The summed E-state index contributed by atoms with van der Waals surface area (Å²) in [7, 11) is 0. The molecule has 0 bridgehead atoms. The van der Waals surface area contributed by atoms with Crippen LogP contribution in [0.4, 0.5) is 20.3 Å². The quantitative estimate of drug-likeness (QED) is 0.680. The number of nitrogens with one attached hydrogen (secondary N) is 1. The monoisotopic (exact) mass is 357 g/mol. The highest BCUT2D eigenvalue weighted by Gasteiger charge is 2.23. The van der Waals surface area contributed by atoms with Crippen molar-refractivity contribution < 1.29 is 18.6 Å². The van der Waals surface area contributed by atoms with Gasteiger partial charge < -0.3 is 15.2 Å². The molecule has 3 aromatic rings. The van der Waals surface area contributed by atoms with Gasteiger partial charge in [0, 0.05) is 18.2 Å². The molecule has 2 aromatic carbocycles. The van der Waals surface area contributed by atoms with Gasteiger partial charge in [0.1, 0.15) is 17.8 Å². The largest absolute Gasteiger partial charge is 0.503 e. The molecule has 5 nitrogen and oxygen atoms in total. The van der Waals surface area contributed by atoms with Gasteiger partial charge >= 0.3 is 6.11 Å². The Bertz CT molecular complexity index is 892. The molecule has 0 aliphatic rings. The number of hydrogen-bond donors (Lipinski definition) is 2. The van der Waals surface area contributed by atoms with E-state index in [0.717, 1.165) is 11.1 Å². The molecule has 0 saturated carbocycles. The van der Waals surface area contributed by atoms with Gasteiger partial charge in [-0.3, -0.25) is 0 Å². The summed E-state index contributed by atoms with van der Waals surface area (Å²) in [5, 5.41) is 13.4. The highest BCUT2D eigenvalue weighted by molar-refractivity contribution is 5.74. The Labute approximate surface area is 149 Å². The number of aromatic nitrogens is 2. The first kappa shape index (κ1) is 17.6. The number of anilines is 2. The number of rotatable bonds is 5. The van der Waals surface area contributed by atoms with Crippen molar-refractivity contribution in [1.82, 2.24) is 9.97 Å². The van der Waals surface area contributed by atoms with Crippen LogP contribution in [0, 0.1) is 6.92 Å². The number of alkyl halides is 2. The second kappa shape index (κ2) is 6.95. The summed E-state index contributed by atoms with van der Waals surface area (Å²) in [5.41, 5.74) is 2.81. The lowest BCUT2D eigenvalue weighted by molar-refractivity contribution is -0.158. The van der Waals surface area contributed by atoms with Gasteiger partial charge in [0.2, 0.25) is 0 Å². The van der Waals surface area contributed by atoms with Crippen molar-refractivity contribution in [2.75, 3.05) is 5.32 Å². The van der Waals surface area contributed by atoms with Gasteiger partial charge in [0.15, 0.2) is 11.6 Å². The molecule has 2 N–H and O–H groups in total. The van der Waals surface area contributed by atoms with E-state index in [1.165, 1.54) is 18.5 Å². The maximum Gasteiger partial charge on any atom is 0.394 e. The molecule has 1 heterocycles. The maximum atomic E-state index is 12.9. The van der Waals surface area contributed by atoms with E-state index in [9.17, 15) is 13.9 Å². The van der Waals surface area contributed by atoms with E-state index < -0.39 is 6.11 Å². The number of benzene rings is 2. The van der Waals surface area contributed by atoms with Gasteiger partial charge in [0.25, 0.3) is 0 Å². The molecule has 0 aliphatic heterocycles. The van der Waals surface area contributed by atoms with Crippen molar-refractivity contribution in [3.8, 4) is 22.8 Å². The molecule has 0 saturated heterocycles. The summed E-state index contributed by atoms with van der Waals surface area (Å²) in [4.78, 5) is 8.17. The molecule has 0 aliphatic carbocycles. The lowest BCUT2D eigenvalue weighted by Gasteiger charge is -2.14. The molecule has 26 heavy (non-hydrogen) atoms. The summed E-state index contributed by atoms with van der Waals surface area (Å²) in [6.45, 7) is 2.64. The Balaban J connectivity index is 1.82. The number of nitrogens with zero attached hydrogens (tertiary/aromatic N) is 2. The molecule has 0 radical (unpaired) electrons. The third-order valence-electron chi connectivity index (χ3n) is 3.56. The summed E-state index contributed by atoms with van der Waals surface area (Å²) in [6, 6.07) is 13.5. The molecule has 0 atom stereocenters. The molecule has 3 rings (SSSR count). The first-order valence-corrected chi connectivity index (χ1v) is 7.87. The third-order valence-corrected chi connectivity index (χ3v) is 3.56. The van der Waals surface area contributed by atoms with Crippen LogP contribution >= 0.6 is 0 Å². The van der Waals surface area contributed by atoms with E-state index in [-0.39, 0.29) is 17.3 Å². The van der Waals surface area contributed by atoms with Crippen molar-refractivity contribution >= 4 is 11.5 Å². The number of ether oxygens (including phenoxy) is 1. The molecule has 0 amide bonds. The van der Waals surface area contributed by atoms with E-state index in [2.05, 4.69) is 20.0 Å². The minimum Gasteiger partial charge on any atom is -0.503 e. The molecule has 134 valence electrons. The predicted molar refractivity (Wildman–Crippen MR) is 94.8 cm³/mol. The SMILES string of the molecule is Cc1ccc(-c2ncnc(Nc3ccc(OC(C)(F)F)cc3)c2O)cc1. The zero-order valence-corrected chi connectivity index (χ0v) is 14.2. The molecular weight excluding hydrogens is 340 g/mol. The van der Waals surface area contributed by atoms with Gasteiger partial charge in [-0.1, -0.05) is 29.8 Å². The summed E-state index contributed by atoms with van der Waals surface area (Å²) >= 11 is 0. The molecular formula is C19H17F2N3O2. The second-order valence-electron chi connectivity index (χ2n) is 5.84. The van der Waals surface area contributed by atoms with E-state index in [4.69, 9.17) is 0 Å². The van der Waals surface area contributed by atoms with E-state index in [0.29, 0.717) is 18.3 Å². The van der Waals surface area contributed by atoms with Crippen molar-refractivity contribution in [2.24, 2.45) is 0 Å². The summed E-state index contributed by atoms with van der Waals surface area (Å²) in [5.74, 6) is 0.150. The number of aromatic hydroxyl groups is 1. The number of halogens is 2. The minimum atomic E-state index is -3.25. The van der Waals surface area contributed by atoms with E-state index >= 15 is 0 Å². The Morgan fingerprint density at radius 3 is 2.27 bits per heavy atom. The second-order valence-corrected chi connectivity index (χ2v) is 5.84. The van der Waals surface area contributed by atoms with Crippen LogP contribution in [0.25, 0.3) is 11.3 Å². The normalized spacial score (nSPS) is 11.2. The maximum absolute atomic E-state index is 12.9. The van der Waals surface area contributed by atoms with Crippen LogP contribution in [0.1, 0.15) is 12.5 Å². The summed E-state index contributed by atoms with van der Waals surface area (Å²) in [6.07, 6.45) is -1.91. The first-order valence-electron chi connectivity index (χ1n) is 7.87. The molecule has 0 fully saturated rings. The van der Waals surface area contributed by atoms with Gasteiger partial charge in [-0.25, -0.2) is 9.97 Å². The Morgan fingerprint density at radius 1 is 1.00 bits per heavy atom. The standard InChI is InChI=1S/C19H17F2N3O2/c1-12-3-5-13(6-4-12)16-17(25)18(23-11-22-16)24-14-7-9-15(10-8-14)26-19(2,20)21/h3-11,25H,1-2H3,(H,22,23,24). The molecule has 1 aromatic heterocycles. The number of aryl methyl sites for hydroxylation is 1. The van der Waals surface area contributed by atoms with Crippen molar-refractivity contribution in [3.05, 3.63) is 60.4 Å². The highest BCUT2D eigenvalue weighted by atomic mass is 19.3. The minimum absolute atomic E-state index is 0.0373. The summed E-state index contributed by atoms with van der Waals surface area (Å²) < 4.78 is 30.2. The topological polar surface area (TPSA) is 67.3 Å². The van der Waals surface area contributed by atoms with Crippen LogP contribution in [0.3, 0.4) is 0 Å². The highest BCUT2D eigenvalue weighted by Crippen LogP contribution is 2.34. The van der Waals surface area contributed by atoms with Crippen molar-refractivity contribution in [2.45, 2.75) is 20.0 Å². The Morgan fingerprint density at radius 2 is 1.65 bits per heavy atom. The van der Waals surface area contributed by atoms with Crippen molar-refractivity contribution in [3.63, 3.8) is 0 Å². The predicted octanol–water partition coefficient (Wildman–Crippen LogP) is 4.89. The van der Waals surface area contributed by atoms with Gasteiger partial charge in [-0.2, -0.15) is 8.78 Å². The van der Waals surface area contributed by atoms with Crippen LogP contribution in [0.5, 0.6) is 11.5 Å². The fourth-order valence-electron chi connectivity index (χ4n) is 2.34. The first-order chi connectivity index (χ1) is 12.3. The third kappa shape index (κ3) is 4.24. The smallest absolute Gasteiger partial charge is 0.394 e. The molecule has 0 unspecified atom stereocenters. The Hall–Kier alpha value is -3.22. The zero-order chi connectivity index (χ0) is 18.7. The van der Waals surface area contributed by atoms with Crippen LogP contribution < -0.4 is 10.1 Å². The van der Waals surface area contributed by atoms with E-state index in [1.807, 2.05) is 31.2 Å². The van der Waals surface area contributed by atoms with Gasteiger partial charge in [-0.15, -0.1) is 0 Å². The van der Waals surface area contributed by atoms with Gasteiger partial charge in [0.05, 0.1) is 0 Å². The van der Waals surface area contributed by atoms with Crippen LogP contribution in [0.15, 0.2) is 54.9 Å². The molecule has 7 heteroatoms. The van der Waals surface area contributed by atoms with Gasteiger partial charge in [-0.05, 0) is 31.2 Å². The fourth-order valence-corrected chi connectivity index (χ4v) is 2.34. The van der Waals surface area contributed by atoms with E-state index in [1.54, 1.807) is 12.1 Å². The number of hydrogen-bond acceptors (Lipinski definition) is 5. The average molecular weight is 357 g/mol. The average Bonchev–Trinajstić information content (AvgIpc) is 2.58. The Kier molecular flexibility index (Phi) is 4.71. The van der Waals surface area contributed by atoms with Crippen LogP contribution in [0.2, 0.25) is 0 Å². The lowest BCUT2D eigenvalue weighted by atomic mass is 10.1. The van der Waals surface area contributed by atoms with Crippen molar-refractivity contribution in [1.29, 1.82) is 0 Å². The lowest BCUT2D eigenvalue weighted by Crippen LogP contribution is -2.18. The van der Waals surface area contributed by atoms with Crippen LogP contribution in [-0.2, 0) is 0 Å².